The zero-order valence-electron chi connectivity index (χ0n) is 9.41. The van der Waals surface area contributed by atoms with Crippen molar-refractivity contribution in [3.63, 3.8) is 0 Å². The van der Waals surface area contributed by atoms with Crippen molar-refractivity contribution in [1.82, 2.24) is 9.55 Å². The van der Waals surface area contributed by atoms with E-state index < -0.39 is 5.97 Å². The van der Waals surface area contributed by atoms with Crippen molar-refractivity contribution < 1.29 is 14.6 Å². The Bertz CT molecular complexity index is 540. The van der Waals surface area contributed by atoms with E-state index in [-0.39, 0.29) is 11.3 Å². The van der Waals surface area contributed by atoms with Gasteiger partial charge in [0.05, 0.1) is 12.9 Å². The molecule has 0 radical (unpaired) electrons. The number of hydrogen-bond acceptors (Lipinski definition) is 3. The van der Waals surface area contributed by atoms with E-state index in [2.05, 4.69) is 4.98 Å². The van der Waals surface area contributed by atoms with Crippen LogP contribution in [0.1, 0.15) is 10.4 Å². The van der Waals surface area contributed by atoms with Gasteiger partial charge >= 0.3 is 5.97 Å². The monoisotopic (exact) mass is 266 g/mol. The van der Waals surface area contributed by atoms with Crippen LogP contribution in [0, 0.1) is 0 Å². The molecule has 2 aromatic rings. The first-order valence-corrected chi connectivity index (χ1v) is 5.66. The number of hydrogen-bond donors (Lipinski definition) is 1. The van der Waals surface area contributed by atoms with Crippen LogP contribution in [-0.4, -0.2) is 27.2 Å². The Morgan fingerprint density at radius 3 is 3.00 bits per heavy atom. The average Bonchev–Trinajstić information content (AvgIpc) is 2.82. The van der Waals surface area contributed by atoms with Gasteiger partial charge in [-0.1, -0.05) is 11.6 Å². The smallest absolute Gasteiger partial charge is 0.339 e. The van der Waals surface area contributed by atoms with Gasteiger partial charge in [-0.25, -0.2) is 9.78 Å². The summed E-state index contributed by atoms with van der Waals surface area (Å²) in [5.74, 6) is -0.764. The van der Waals surface area contributed by atoms with Gasteiger partial charge in [-0.3, -0.25) is 0 Å². The molecule has 0 fully saturated rings. The fourth-order valence-electron chi connectivity index (χ4n) is 1.47. The molecule has 0 saturated heterocycles. The van der Waals surface area contributed by atoms with Gasteiger partial charge in [0, 0.05) is 17.4 Å². The first-order valence-electron chi connectivity index (χ1n) is 5.28. The fraction of sp³-hybridized carbons (Fsp3) is 0.167. The van der Waals surface area contributed by atoms with Crippen LogP contribution in [0.2, 0.25) is 5.02 Å². The Kier molecular flexibility index (Phi) is 3.84. The van der Waals surface area contributed by atoms with Gasteiger partial charge in [0.2, 0.25) is 0 Å². The van der Waals surface area contributed by atoms with Gasteiger partial charge in [-0.15, -0.1) is 0 Å². The van der Waals surface area contributed by atoms with Crippen LogP contribution >= 0.6 is 11.6 Å². The molecule has 1 N–H and O–H groups in total. The molecular weight excluding hydrogens is 256 g/mol. The molecule has 18 heavy (non-hydrogen) atoms. The van der Waals surface area contributed by atoms with E-state index in [4.69, 9.17) is 21.4 Å². The molecule has 1 heterocycles. The topological polar surface area (TPSA) is 64.3 Å². The first kappa shape index (κ1) is 12.4. The number of nitrogens with zero attached hydrogens (tertiary/aromatic N) is 2. The summed E-state index contributed by atoms with van der Waals surface area (Å²) in [5.41, 5.74) is 0.102. The summed E-state index contributed by atoms with van der Waals surface area (Å²) in [5, 5.41) is 9.44. The van der Waals surface area contributed by atoms with E-state index in [1.165, 1.54) is 18.2 Å². The number of aromatic carboxylic acids is 1. The van der Waals surface area contributed by atoms with E-state index in [9.17, 15) is 4.79 Å². The molecule has 0 aliphatic heterocycles. The molecule has 94 valence electrons. The number of carbonyl (C=O) groups is 1. The van der Waals surface area contributed by atoms with E-state index in [1.807, 2.05) is 4.57 Å². The standard InChI is InChI=1S/C12H11ClN2O3/c13-9-1-2-10(12(16)17)11(7-9)18-6-5-15-4-3-14-8-15/h1-4,7-8H,5-6H2,(H,16,17). The molecule has 2 rings (SSSR count). The highest BCUT2D eigenvalue weighted by atomic mass is 35.5. The Morgan fingerprint density at radius 2 is 2.33 bits per heavy atom. The summed E-state index contributed by atoms with van der Waals surface area (Å²) < 4.78 is 7.28. The molecule has 0 bridgehead atoms. The van der Waals surface area contributed by atoms with Gasteiger partial charge in [0.1, 0.15) is 17.9 Å². The number of carboxylic acids is 1. The predicted octanol–water partition coefficient (Wildman–Crippen LogP) is 2.31. The Morgan fingerprint density at radius 1 is 1.50 bits per heavy atom. The van der Waals surface area contributed by atoms with Crippen LogP contribution in [0.15, 0.2) is 36.9 Å². The van der Waals surface area contributed by atoms with Crippen LogP contribution in [0.25, 0.3) is 0 Å². The lowest BCUT2D eigenvalue weighted by Crippen LogP contribution is -2.09. The lowest BCUT2D eigenvalue weighted by molar-refractivity contribution is 0.0692. The van der Waals surface area contributed by atoms with E-state index in [1.54, 1.807) is 18.7 Å². The lowest BCUT2D eigenvalue weighted by atomic mass is 10.2. The maximum Gasteiger partial charge on any atom is 0.339 e. The Balaban J connectivity index is 2.03. The highest BCUT2D eigenvalue weighted by molar-refractivity contribution is 6.30. The van der Waals surface area contributed by atoms with Crippen molar-refractivity contribution in [2.24, 2.45) is 0 Å². The molecule has 1 aromatic heterocycles. The molecule has 0 spiro atoms. The highest BCUT2D eigenvalue weighted by Gasteiger charge is 2.11. The van der Waals surface area contributed by atoms with Gasteiger partial charge in [0.25, 0.3) is 0 Å². The number of ether oxygens (including phenoxy) is 1. The van der Waals surface area contributed by atoms with Gasteiger partial charge in [-0.2, -0.15) is 0 Å². The number of imidazole rings is 1. The van der Waals surface area contributed by atoms with Crippen molar-refractivity contribution >= 4 is 17.6 Å². The number of carboxylic acid groups (broad SMARTS) is 1. The molecular formula is C12H11ClN2O3. The van der Waals surface area contributed by atoms with Crippen molar-refractivity contribution in [2.45, 2.75) is 6.54 Å². The maximum absolute atomic E-state index is 11.0. The minimum atomic E-state index is -1.04. The first-order chi connectivity index (χ1) is 8.66. The van der Waals surface area contributed by atoms with Crippen LogP contribution < -0.4 is 4.74 Å². The summed E-state index contributed by atoms with van der Waals surface area (Å²) >= 11 is 5.81. The summed E-state index contributed by atoms with van der Waals surface area (Å²) in [6.07, 6.45) is 5.14. The zero-order valence-corrected chi connectivity index (χ0v) is 10.2. The van der Waals surface area contributed by atoms with E-state index in [0.29, 0.717) is 18.2 Å². The van der Waals surface area contributed by atoms with Crippen molar-refractivity contribution in [3.05, 3.63) is 47.5 Å². The van der Waals surface area contributed by atoms with E-state index in [0.717, 1.165) is 0 Å². The number of benzene rings is 1. The lowest BCUT2D eigenvalue weighted by Gasteiger charge is -2.09. The molecule has 0 amide bonds. The summed E-state index contributed by atoms with van der Waals surface area (Å²) in [6, 6.07) is 4.45. The van der Waals surface area contributed by atoms with Crippen LogP contribution in [0.5, 0.6) is 5.75 Å². The van der Waals surface area contributed by atoms with Crippen molar-refractivity contribution in [1.29, 1.82) is 0 Å². The number of rotatable bonds is 5. The second-order valence-electron chi connectivity index (χ2n) is 3.59. The molecule has 0 atom stereocenters. The minimum Gasteiger partial charge on any atom is -0.491 e. The fourth-order valence-corrected chi connectivity index (χ4v) is 1.63. The summed E-state index contributed by atoms with van der Waals surface area (Å²) in [7, 11) is 0. The molecule has 0 aliphatic carbocycles. The van der Waals surface area contributed by atoms with Crippen molar-refractivity contribution in [2.75, 3.05) is 6.61 Å². The third kappa shape index (κ3) is 3.01. The Labute approximate surface area is 109 Å². The average molecular weight is 267 g/mol. The van der Waals surface area contributed by atoms with Crippen molar-refractivity contribution in [3.8, 4) is 5.75 Å². The van der Waals surface area contributed by atoms with Crippen LogP contribution in [0.4, 0.5) is 0 Å². The third-order valence-electron chi connectivity index (χ3n) is 2.34. The van der Waals surface area contributed by atoms with Crippen LogP contribution in [0.3, 0.4) is 0 Å². The normalized spacial score (nSPS) is 10.3. The maximum atomic E-state index is 11.0. The molecule has 0 unspecified atom stereocenters. The SMILES string of the molecule is O=C(O)c1ccc(Cl)cc1OCCn1ccnc1. The number of aromatic nitrogens is 2. The van der Waals surface area contributed by atoms with Gasteiger partial charge < -0.3 is 14.4 Å². The summed E-state index contributed by atoms with van der Waals surface area (Å²) in [4.78, 5) is 14.9. The van der Waals surface area contributed by atoms with Gasteiger partial charge in [-0.05, 0) is 18.2 Å². The molecule has 0 aliphatic rings. The molecule has 1 aromatic carbocycles. The van der Waals surface area contributed by atoms with E-state index >= 15 is 0 Å². The predicted molar refractivity (Wildman–Crippen MR) is 66.1 cm³/mol. The second-order valence-corrected chi connectivity index (χ2v) is 4.03. The minimum absolute atomic E-state index is 0.102. The molecule has 6 heteroatoms. The summed E-state index contributed by atoms with van der Waals surface area (Å²) in [6.45, 7) is 0.933. The second kappa shape index (κ2) is 5.55. The number of halogens is 1. The quantitative estimate of drug-likeness (QED) is 0.902. The molecule has 5 nitrogen and oxygen atoms in total. The zero-order chi connectivity index (χ0) is 13.0. The third-order valence-corrected chi connectivity index (χ3v) is 2.58. The Hall–Kier alpha value is -2.01. The van der Waals surface area contributed by atoms with Gasteiger partial charge in [0.15, 0.2) is 0 Å². The highest BCUT2D eigenvalue weighted by Crippen LogP contribution is 2.23. The molecule has 0 saturated carbocycles. The largest absolute Gasteiger partial charge is 0.491 e. The van der Waals surface area contributed by atoms with Crippen LogP contribution in [-0.2, 0) is 6.54 Å².